The molecule has 82 valence electrons. The molecule has 0 N–H and O–H groups in total. The first-order chi connectivity index (χ1) is 6.63. The molecule has 1 saturated carbocycles. The maximum atomic E-state index is 12.9. The fourth-order valence-electron chi connectivity index (χ4n) is 2.07. The molecule has 0 amide bonds. The van der Waals surface area contributed by atoms with Crippen LogP contribution in [0, 0.1) is 5.41 Å². The average molecular weight is 206 g/mol. The summed E-state index contributed by atoms with van der Waals surface area (Å²) in [6.45, 7) is 0. The van der Waals surface area contributed by atoms with Crippen molar-refractivity contribution >= 4 is 5.97 Å². The van der Waals surface area contributed by atoms with Crippen LogP contribution in [-0.2, 0) is 9.53 Å². The second-order valence-corrected chi connectivity index (χ2v) is 3.86. The summed E-state index contributed by atoms with van der Waals surface area (Å²) < 4.78 is 30.3. The van der Waals surface area contributed by atoms with Crippen LogP contribution in [0.3, 0.4) is 0 Å². The number of methoxy groups -OCH3 is 1. The summed E-state index contributed by atoms with van der Waals surface area (Å²) in [4.78, 5) is 11.4. The zero-order valence-corrected chi connectivity index (χ0v) is 8.39. The van der Waals surface area contributed by atoms with Crippen molar-refractivity contribution in [1.29, 1.82) is 0 Å². The molecule has 0 aliphatic heterocycles. The van der Waals surface area contributed by atoms with E-state index >= 15 is 0 Å². The van der Waals surface area contributed by atoms with Crippen molar-refractivity contribution in [3.05, 3.63) is 0 Å². The standard InChI is InChI=1S/C10H16F2O2/c1-14-9(13)10(8(11)12)6-4-2-3-5-7-10/h8H,2-7H2,1H3. The summed E-state index contributed by atoms with van der Waals surface area (Å²) in [7, 11) is 1.18. The third-order valence-electron chi connectivity index (χ3n) is 3.01. The Hall–Kier alpha value is -0.670. The third-order valence-corrected chi connectivity index (χ3v) is 3.01. The van der Waals surface area contributed by atoms with Crippen molar-refractivity contribution < 1.29 is 18.3 Å². The Morgan fingerprint density at radius 2 is 1.71 bits per heavy atom. The molecular formula is C10H16F2O2. The van der Waals surface area contributed by atoms with Gasteiger partial charge in [0.1, 0.15) is 5.41 Å². The lowest BCUT2D eigenvalue weighted by atomic mass is 9.81. The zero-order valence-electron chi connectivity index (χ0n) is 8.39. The molecule has 1 fully saturated rings. The Labute approximate surface area is 82.6 Å². The normalized spacial score (nSPS) is 21.7. The van der Waals surface area contributed by atoms with E-state index in [2.05, 4.69) is 4.74 Å². The number of halogens is 2. The molecule has 0 aromatic rings. The van der Waals surface area contributed by atoms with E-state index < -0.39 is 17.8 Å². The number of carbonyl (C=O) groups excluding carboxylic acids is 1. The van der Waals surface area contributed by atoms with Gasteiger partial charge in [-0.15, -0.1) is 0 Å². The van der Waals surface area contributed by atoms with Crippen LogP contribution in [0.25, 0.3) is 0 Å². The van der Waals surface area contributed by atoms with Gasteiger partial charge in [0, 0.05) is 0 Å². The molecule has 0 heterocycles. The maximum Gasteiger partial charge on any atom is 0.317 e. The fourth-order valence-corrected chi connectivity index (χ4v) is 2.07. The summed E-state index contributed by atoms with van der Waals surface area (Å²) in [5, 5.41) is 0. The van der Waals surface area contributed by atoms with Crippen LogP contribution in [-0.4, -0.2) is 19.5 Å². The van der Waals surface area contributed by atoms with Gasteiger partial charge in [0.05, 0.1) is 7.11 Å². The van der Waals surface area contributed by atoms with Crippen molar-refractivity contribution in [2.75, 3.05) is 7.11 Å². The van der Waals surface area contributed by atoms with Crippen LogP contribution in [0.5, 0.6) is 0 Å². The highest BCUT2D eigenvalue weighted by molar-refractivity contribution is 5.77. The Kier molecular flexibility index (Phi) is 3.84. The largest absolute Gasteiger partial charge is 0.468 e. The summed E-state index contributed by atoms with van der Waals surface area (Å²) in [5.41, 5.74) is -1.52. The number of hydrogen-bond donors (Lipinski definition) is 0. The molecule has 0 spiro atoms. The number of hydrogen-bond acceptors (Lipinski definition) is 2. The molecule has 4 heteroatoms. The van der Waals surface area contributed by atoms with Gasteiger partial charge in [-0.3, -0.25) is 4.79 Å². The number of carbonyl (C=O) groups is 1. The molecule has 0 saturated heterocycles. The third kappa shape index (κ3) is 2.04. The lowest BCUT2D eigenvalue weighted by molar-refractivity contribution is -0.165. The lowest BCUT2D eigenvalue weighted by Gasteiger charge is -2.28. The number of alkyl halides is 2. The molecule has 0 unspecified atom stereocenters. The van der Waals surface area contributed by atoms with Crippen molar-refractivity contribution in [3.63, 3.8) is 0 Å². The smallest absolute Gasteiger partial charge is 0.317 e. The van der Waals surface area contributed by atoms with E-state index in [0.717, 1.165) is 12.8 Å². The maximum absolute atomic E-state index is 12.9. The van der Waals surface area contributed by atoms with E-state index in [-0.39, 0.29) is 12.8 Å². The minimum absolute atomic E-state index is 0.261. The molecule has 1 rings (SSSR count). The highest BCUT2D eigenvalue weighted by Gasteiger charge is 2.47. The first-order valence-electron chi connectivity index (χ1n) is 5.00. The Morgan fingerprint density at radius 3 is 2.07 bits per heavy atom. The van der Waals surface area contributed by atoms with Gasteiger partial charge in [-0.05, 0) is 12.8 Å². The minimum Gasteiger partial charge on any atom is -0.468 e. The summed E-state index contributed by atoms with van der Waals surface area (Å²) in [6, 6.07) is 0. The van der Waals surface area contributed by atoms with E-state index in [4.69, 9.17) is 0 Å². The SMILES string of the molecule is COC(=O)C1(C(F)F)CCCCCC1. The van der Waals surface area contributed by atoms with Crippen LogP contribution in [0.1, 0.15) is 38.5 Å². The summed E-state index contributed by atoms with van der Waals surface area (Å²) in [5.74, 6) is -0.741. The van der Waals surface area contributed by atoms with Gasteiger partial charge < -0.3 is 4.74 Å². The summed E-state index contributed by atoms with van der Waals surface area (Å²) >= 11 is 0. The van der Waals surface area contributed by atoms with Gasteiger partial charge in [-0.2, -0.15) is 0 Å². The predicted octanol–water partition coefficient (Wildman–Crippen LogP) is 2.77. The quantitative estimate of drug-likeness (QED) is 0.513. The number of esters is 1. The topological polar surface area (TPSA) is 26.3 Å². The van der Waals surface area contributed by atoms with Gasteiger partial charge in [-0.1, -0.05) is 25.7 Å². The lowest BCUT2D eigenvalue weighted by Crippen LogP contribution is -2.38. The number of rotatable bonds is 2. The predicted molar refractivity (Wildman–Crippen MR) is 48.2 cm³/mol. The molecule has 0 radical (unpaired) electrons. The molecule has 0 aromatic heterocycles. The monoisotopic (exact) mass is 206 g/mol. The molecule has 1 aliphatic rings. The van der Waals surface area contributed by atoms with E-state index in [1.165, 1.54) is 7.11 Å². The van der Waals surface area contributed by atoms with Crippen molar-refractivity contribution in [1.82, 2.24) is 0 Å². The van der Waals surface area contributed by atoms with Crippen LogP contribution < -0.4 is 0 Å². The van der Waals surface area contributed by atoms with Crippen LogP contribution >= 0.6 is 0 Å². The Bertz CT molecular complexity index is 196. The van der Waals surface area contributed by atoms with Crippen molar-refractivity contribution in [3.8, 4) is 0 Å². The van der Waals surface area contributed by atoms with E-state index in [1.807, 2.05) is 0 Å². The highest BCUT2D eigenvalue weighted by Crippen LogP contribution is 2.41. The van der Waals surface area contributed by atoms with Crippen molar-refractivity contribution in [2.24, 2.45) is 5.41 Å². The van der Waals surface area contributed by atoms with Gasteiger partial charge in [0.2, 0.25) is 0 Å². The molecular weight excluding hydrogens is 190 g/mol. The summed E-state index contributed by atoms with van der Waals surface area (Å²) in [6.07, 6.45) is 1.18. The molecule has 0 bridgehead atoms. The minimum atomic E-state index is -2.60. The fraction of sp³-hybridized carbons (Fsp3) is 0.900. The van der Waals surface area contributed by atoms with E-state index in [1.54, 1.807) is 0 Å². The Morgan fingerprint density at radius 1 is 1.21 bits per heavy atom. The highest BCUT2D eigenvalue weighted by atomic mass is 19.3. The zero-order chi connectivity index (χ0) is 10.6. The van der Waals surface area contributed by atoms with Crippen LogP contribution in [0.4, 0.5) is 8.78 Å². The molecule has 14 heavy (non-hydrogen) atoms. The van der Waals surface area contributed by atoms with Gasteiger partial charge in [0.25, 0.3) is 6.43 Å². The first-order valence-corrected chi connectivity index (χ1v) is 5.00. The van der Waals surface area contributed by atoms with E-state index in [0.29, 0.717) is 12.8 Å². The van der Waals surface area contributed by atoms with Crippen molar-refractivity contribution in [2.45, 2.75) is 45.0 Å². The van der Waals surface area contributed by atoms with Gasteiger partial charge >= 0.3 is 5.97 Å². The van der Waals surface area contributed by atoms with Gasteiger partial charge in [0.15, 0.2) is 0 Å². The number of ether oxygens (including phenoxy) is 1. The molecule has 0 atom stereocenters. The molecule has 2 nitrogen and oxygen atoms in total. The first kappa shape index (κ1) is 11.4. The Balaban J connectivity index is 2.83. The average Bonchev–Trinajstić information content (AvgIpc) is 2.42. The van der Waals surface area contributed by atoms with Crippen LogP contribution in [0.2, 0.25) is 0 Å². The van der Waals surface area contributed by atoms with E-state index in [9.17, 15) is 13.6 Å². The molecule has 1 aliphatic carbocycles. The van der Waals surface area contributed by atoms with Crippen LogP contribution in [0.15, 0.2) is 0 Å². The van der Waals surface area contributed by atoms with Gasteiger partial charge in [-0.25, -0.2) is 8.78 Å². The second kappa shape index (κ2) is 4.71. The molecule has 0 aromatic carbocycles. The second-order valence-electron chi connectivity index (χ2n) is 3.86.